The Morgan fingerprint density at radius 1 is 0.276 bits per heavy atom. The average Bonchev–Trinajstić information content (AvgIpc) is 1.12. The molecule has 29 heteroatoms. The maximum atomic E-state index is 8.74. The Bertz CT molecular complexity index is 217. The summed E-state index contributed by atoms with van der Waals surface area (Å²) in [5, 5.41) is 0. The SMILES string of the molecule is O.O.O.O.O.O.O.O.O.O.O.O.O.O.O.O.O.O=S(=O)(O)O.O=S(=O)(O)O.[MgH2].[MgH2]. The molecule has 0 rings (SSSR count). The third kappa shape index (κ3) is 57600. The van der Waals surface area contributed by atoms with Gasteiger partial charge < -0.3 is 93.1 Å². The molecule has 0 amide bonds. The van der Waals surface area contributed by atoms with E-state index in [0.29, 0.717) is 0 Å². The van der Waals surface area contributed by atoms with Gasteiger partial charge in [-0.25, -0.2) is 0 Å². The summed E-state index contributed by atoms with van der Waals surface area (Å²) >= 11 is 0. The first-order chi connectivity index (χ1) is 4.00. The lowest BCUT2D eigenvalue weighted by atomic mass is 15.8. The maximum absolute atomic E-state index is 8.74. The highest BCUT2D eigenvalue weighted by Crippen LogP contribution is 1.59. The Morgan fingerprint density at radius 3 is 0.276 bits per heavy atom. The molecule has 0 aromatic carbocycles. The smallest absolute Gasteiger partial charge is 0.394 e. The quantitative estimate of drug-likeness (QED) is 0.164. The standard InChI is InChI=1S/2Mg.2H2O4S.17H2O.4H/c;;2*1-5(2,3)4;;;;;;;;;;;;;;;;;;;;;/h;;2*(H2,1,2,3,4);17*1H2;;;;. The summed E-state index contributed by atoms with van der Waals surface area (Å²) in [4.78, 5) is 0. The van der Waals surface area contributed by atoms with Crippen LogP contribution < -0.4 is 0 Å². The predicted octanol–water partition coefficient (Wildman–Crippen LogP) is -17.2. The highest BCUT2D eigenvalue weighted by Gasteiger charge is 1.85. The summed E-state index contributed by atoms with van der Waals surface area (Å²) in [6, 6.07) is 0. The Morgan fingerprint density at radius 2 is 0.276 bits per heavy atom. The average molecular weight is 555 g/mol. The molecule has 0 aliphatic carbocycles. The Labute approximate surface area is 194 Å². The number of rotatable bonds is 0. The van der Waals surface area contributed by atoms with Crippen LogP contribution in [0.1, 0.15) is 0 Å². The van der Waals surface area contributed by atoms with Gasteiger partial charge in [0.2, 0.25) is 0 Å². The minimum Gasteiger partial charge on any atom is -0.412 e. The monoisotopic (exact) mass is 554 g/mol. The van der Waals surface area contributed by atoms with Gasteiger partial charge in [0.15, 0.2) is 0 Å². The molecule has 0 radical (unpaired) electrons. The van der Waals surface area contributed by atoms with Crippen molar-refractivity contribution in [3.05, 3.63) is 0 Å². The van der Waals surface area contributed by atoms with Gasteiger partial charge in [-0.1, -0.05) is 0 Å². The fraction of sp³-hybridized carbons (Fsp3) is 0. The van der Waals surface area contributed by atoms with Gasteiger partial charge in [-0.2, -0.15) is 16.8 Å². The predicted molar refractivity (Wildman–Crippen MR) is 107 cm³/mol. The molecule has 0 unspecified atom stereocenters. The van der Waals surface area contributed by atoms with E-state index in [1.165, 1.54) is 0 Å². The largest absolute Gasteiger partial charge is 0.412 e. The van der Waals surface area contributed by atoms with Crippen LogP contribution in [0.5, 0.6) is 0 Å². The van der Waals surface area contributed by atoms with E-state index in [-0.39, 0.29) is 139 Å². The van der Waals surface area contributed by atoms with E-state index < -0.39 is 20.8 Å². The first-order valence-electron chi connectivity index (χ1n) is 1.40. The van der Waals surface area contributed by atoms with E-state index in [1.807, 2.05) is 0 Å². The van der Waals surface area contributed by atoms with Crippen molar-refractivity contribution in [2.45, 2.75) is 0 Å². The molecule has 38 N–H and O–H groups in total. The zero-order chi connectivity index (χ0) is 9.00. The van der Waals surface area contributed by atoms with Gasteiger partial charge >= 0.3 is 66.9 Å². The Balaban J connectivity index is -0.00000000140. The fourth-order valence-corrected chi connectivity index (χ4v) is 0. The highest BCUT2D eigenvalue weighted by atomic mass is 32.3. The van der Waals surface area contributed by atoms with Crippen LogP contribution in [0.3, 0.4) is 0 Å². The van der Waals surface area contributed by atoms with Crippen molar-refractivity contribution >= 4 is 66.9 Å². The minimum atomic E-state index is -4.67. The number of hydrogen-bond donors (Lipinski definition) is 4. The molecule has 0 bridgehead atoms. The van der Waals surface area contributed by atoms with Crippen molar-refractivity contribution < 1.29 is 128 Å². The van der Waals surface area contributed by atoms with Crippen LogP contribution in [0.2, 0.25) is 0 Å². The van der Waals surface area contributed by atoms with Crippen molar-refractivity contribution in [2.75, 3.05) is 0 Å². The van der Waals surface area contributed by atoms with E-state index in [2.05, 4.69) is 0 Å². The van der Waals surface area contributed by atoms with Gasteiger partial charge in [-0.3, -0.25) is 18.2 Å². The van der Waals surface area contributed by atoms with E-state index in [1.54, 1.807) is 0 Å². The zero-order valence-electron chi connectivity index (χ0n) is 12.7. The second kappa shape index (κ2) is 137. The third-order valence-electron chi connectivity index (χ3n) is 0. The van der Waals surface area contributed by atoms with E-state index in [0.717, 1.165) is 0 Å². The molecule has 0 aliphatic rings. The van der Waals surface area contributed by atoms with Crippen molar-refractivity contribution in [1.82, 2.24) is 0 Å². The lowest BCUT2D eigenvalue weighted by molar-refractivity contribution is 0.378. The lowest BCUT2D eigenvalue weighted by Crippen LogP contribution is -1.89. The van der Waals surface area contributed by atoms with Crippen LogP contribution in [0.4, 0.5) is 0 Å². The third-order valence-corrected chi connectivity index (χ3v) is 0. The zero-order valence-corrected chi connectivity index (χ0v) is 14.4. The first kappa shape index (κ1) is 328. The van der Waals surface area contributed by atoms with Gasteiger partial charge in [0.1, 0.15) is 0 Å². The molecule has 29 heavy (non-hydrogen) atoms. The Hall–Kier alpha value is 0.592. The molecule has 0 aromatic heterocycles. The van der Waals surface area contributed by atoms with Gasteiger partial charge in [0, 0.05) is 0 Å². The molecule has 0 aliphatic heterocycles. The molecule has 0 fully saturated rings. The van der Waals surface area contributed by atoms with Gasteiger partial charge in [-0.15, -0.1) is 0 Å². The lowest BCUT2D eigenvalue weighted by Gasteiger charge is -1.68. The molecular formula is H42Mg2O25S2. The summed E-state index contributed by atoms with van der Waals surface area (Å²) < 4.78 is 63.2. The van der Waals surface area contributed by atoms with Crippen molar-refractivity contribution in [3.63, 3.8) is 0 Å². The van der Waals surface area contributed by atoms with E-state index in [9.17, 15) is 0 Å². The second-order valence-electron chi connectivity index (χ2n) is 0.896. The molecule has 0 saturated carbocycles. The minimum absolute atomic E-state index is 0. The summed E-state index contributed by atoms with van der Waals surface area (Å²) in [7, 11) is -9.33. The van der Waals surface area contributed by atoms with Crippen LogP contribution in [-0.4, -0.2) is 174 Å². The molecule has 0 saturated heterocycles. The first-order valence-corrected chi connectivity index (χ1v) is 4.19. The van der Waals surface area contributed by atoms with E-state index >= 15 is 0 Å². The van der Waals surface area contributed by atoms with Crippen LogP contribution >= 0.6 is 0 Å². The molecule has 0 spiro atoms. The van der Waals surface area contributed by atoms with Gasteiger partial charge in [-0.05, 0) is 0 Å². The molecule has 0 heterocycles. The topological polar surface area (TPSA) is 685 Å². The molecule has 208 valence electrons. The molecular weight excluding hydrogens is 513 g/mol. The summed E-state index contributed by atoms with van der Waals surface area (Å²) in [5.74, 6) is 0. The Kier molecular flexibility index (Phi) is 1550. The number of hydrogen-bond acceptors (Lipinski definition) is 4. The molecule has 0 atom stereocenters. The summed E-state index contributed by atoms with van der Waals surface area (Å²) in [5.41, 5.74) is 0. The molecule has 0 aromatic rings. The van der Waals surface area contributed by atoms with Crippen LogP contribution in [-0.2, 0) is 20.8 Å². The summed E-state index contributed by atoms with van der Waals surface area (Å²) in [6.07, 6.45) is 0. The fourth-order valence-electron chi connectivity index (χ4n) is 0. The van der Waals surface area contributed by atoms with E-state index in [4.69, 9.17) is 35.0 Å². The van der Waals surface area contributed by atoms with Crippen LogP contribution in [0.25, 0.3) is 0 Å². The summed E-state index contributed by atoms with van der Waals surface area (Å²) in [6.45, 7) is 0. The molecule has 25 nitrogen and oxygen atoms in total. The maximum Gasteiger partial charge on any atom is 0.394 e. The van der Waals surface area contributed by atoms with Gasteiger partial charge in [0.05, 0.1) is 0 Å². The van der Waals surface area contributed by atoms with Crippen molar-refractivity contribution in [1.29, 1.82) is 0 Å². The van der Waals surface area contributed by atoms with Crippen molar-refractivity contribution in [2.24, 2.45) is 0 Å². The van der Waals surface area contributed by atoms with Crippen LogP contribution in [0, 0.1) is 0 Å². The van der Waals surface area contributed by atoms with Gasteiger partial charge in [0.25, 0.3) is 0 Å². The normalized spacial score (nSPS) is 4.00. The highest BCUT2D eigenvalue weighted by molar-refractivity contribution is 7.80. The van der Waals surface area contributed by atoms with Crippen molar-refractivity contribution in [3.8, 4) is 0 Å². The van der Waals surface area contributed by atoms with Crippen LogP contribution in [0.15, 0.2) is 0 Å². The second-order valence-corrected chi connectivity index (χ2v) is 2.69.